The number of thiazole rings is 2. The van der Waals surface area contributed by atoms with Crippen LogP contribution in [0.3, 0.4) is 0 Å². The number of aromatic nitrogens is 2. The van der Waals surface area contributed by atoms with E-state index in [-0.39, 0.29) is 0 Å². The molecule has 0 radical (unpaired) electrons. The largest absolute Gasteiger partial charge is 0.237 e. The van der Waals surface area contributed by atoms with Gasteiger partial charge >= 0.3 is 0 Å². The van der Waals surface area contributed by atoms with Crippen LogP contribution in [-0.4, -0.2) is 9.97 Å². The van der Waals surface area contributed by atoms with Crippen LogP contribution in [0.15, 0.2) is 72.8 Å². The first kappa shape index (κ1) is 15.9. The second-order valence-corrected chi connectivity index (χ2v) is 8.77. The van der Waals surface area contributed by atoms with Crippen molar-refractivity contribution >= 4 is 76.8 Å². The van der Waals surface area contributed by atoms with Gasteiger partial charge in [0.1, 0.15) is 10.0 Å². The molecule has 0 saturated heterocycles. The van der Waals surface area contributed by atoms with Crippen LogP contribution in [-0.2, 0) is 0 Å². The molecule has 0 aliphatic rings. The molecule has 6 rings (SSSR count). The normalized spacial score (nSPS) is 12.1. The van der Waals surface area contributed by atoms with E-state index in [0.29, 0.717) is 0 Å². The lowest BCUT2D eigenvalue weighted by Crippen LogP contribution is -1.73. The van der Waals surface area contributed by atoms with Crippen molar-refractivity contribution in [1.82, 2.24) is 9.97 Å². The molecule has 0 aliphatic carbocycles. The average molecular weight is 395 g/mol. The van der Waals surface area contributed by atoms with Crippen molar-refractivity contribution in [2.75, 3.05) is 0 Å². The summed E-state index contributed by atoms with van der Waals surface area (Å²) in [5.41, 5.74) is 2.11. The predicted octanol–water partition coefficient (Wildman–Crippen LogP) is 7.38. The third-order valence-electron chi connectivity index (χ3n) is 4.96. The van der Waals surface area contributed by atoms with Crippen LogP contribution in [0.4, 0.5) is 0 Å². The van der Waals surface area contributed by atoms with Crippen LogP contribution in [0.25, 0.3) is 54.1 Å². The minimum Gasteiger partial charge on any atom is -0.237 e. The number of nitrogens with zero attached hydrogens (tertiary/aromatic N) is 2. The Labute approximate surface area is 169 Å². The molecule has 2 aromatic heterocycles. The van der Waals surface area contributed by atoms with Crippen LogP contribution in [0.1, 0.15) is 10.0 Å². The summed E-state index contributed by atoms with van der Waals surface area (Å²) in [6, 6.07) is 25.5. The van der Waals surface area contributed by atoms with Gasteiger partial charge in [-0.25, -0.2) is 9.97 Å². The highest BCUT2D eigenvalue weighted by atomic mass is 32.1. The van der Waals surface area contributed by atoms with E-state index in [0.717, 1.165) is 21.0 Å². The maximum atomic E-state index is 4.79. The molecule has 0 unspecified atom stereocenters. The van der Waals surface area contributed by atoms with Crippen molar-refractivity contribution in [1.29, 1.82) is 0 Å². The Balaban J connectivity index is 1.43. The lowest BCUT2D eigenvalue weighted by atomic mass is 10.1. The maximum absolute atomic E-state index is 4.79. The van der Waals surface area contributed by atoms with E-state index >= 15 is 0 Å². The van der Waals surface area contributed by atoms with Gasteiger partial charge < -0.3 is 0 Å². The highest BCUT2D eigenvalue weighted by Gasteiger charge is 2.08. The Kier molecular flexibility index (Phi) is 3.54. The minimum absolute atomic E-state index is 1.01. The molecule has 0 amide bonds. The first-order valence-corrected chi connectivity index (χ1v) is 10.7. The van der Waals surface area contributed by atoms with Gasteiger partial charge in [0.2, 0.25) is 0 Å². The highest BCUT2D eigenvalue weighted by Crippen LogP contribution is 2.33. The van der Waals surface area contributed by atoms with Gasteiger partial charge in [-0.15, -0.1) is 22.7 Å². The molecule has 2 nitrogen and oxygen atoms in total. The van der Waals surface area contributed by atoms with Gasteiger partial charge in [-0.2, -0.15) is 0 Å². The lowest BCUT2D eigenvalue weighted by molar-refractivity contribution is 1.45. The maximum Gasteiger partial charge on any atom is 0.117 e. The molecule has 0 bridgehead atoms. The monoisotopic (exact) mass is 394 g/mol. The van der Waals surface area contributed by atoms with E-state index in [4.69, 9.17) is 9.97 Å². The predicted molar refractivity (Wildman–Crippen MR) is 123 cm³/mol. The SMILES string of the molecule is C(=Cc1nc2ccc3ccccc3c2s1)c1nc2ccc3ccccc3c2s1. The molecule has 0 fully saturated rings. The number of benzene rings is 4. The van der Waals surface area contributed by atoms with Crippen molar-refractivity contribution in [2.24, 2.45) is 0 Å². The number of hydrogen-bond donors (Lipinski definition) is 0. The van der Waals surface area contributed by atoms with E-state index in [9.17, 15) is 0 Å². The molecular weight excluding hydrogens is 380 g/mol. The summed E-state index contributed by atoms with van der Waals surface area (Å²) in [4.78, 5) is 9.58. The summed E-state index contributed by atoms with van der Waals surface area (Å²) in [6.07, 6.45) is 4.17. The van der Waals surface area contributed by atoms with Gasteiger partial charge in [-0.3, -0.25) is 0 Å². The summed E-state index contributed by atoms with van der Waals surface area (Å²) in [5, 5.41) is 7.07. The molecule has 0 spiro atoms. The summed E-state index contributed by atoms with van der Waals surface area (Å²) < 4.78 is 2.49. The van der Waals surface area contributed by atoms with Crippen LogP contribution < -0.4 is 0 Å². The molecule has 0 aliphatic heterocycles. The third-order valence-corrected chi connectivity index (χ3v) is 7.10. The average Bonchev–Trinajstić information content (AvgIpc) is 3.36. The standard InChI is InChI=1S/C24H14N2S2/c1-3-7-17-15(5-1)9-11-19-23(17)27-21(25-19)13-14-22-26-20-12-10-16-6-2-4-8-18(16)24(20)28-22/h1-14H. The van der Waals surface area contributed by atoms with E-state index in [1.807, 2.05) is 0 Å². The summed E-state index contributed by atoms with van der Waals surface area (Å²) in [6.45, 7) is 0. The fourth-order valence-electron chi connectivity index (χ4n) is 3.63. The van der Waals surface area contributed by atoms with Gasteiger partial charge in [0.25, 0.3) is 0 Å². The van der Waals surface area contributed by atoms with Crippen molar-refractivity contribution in [3.8, 4) is 0 Å². The first-order chi connectivity index (χ1) is 13.8. The Morgan fingerprint density at radius 2 is 1.00 bits per heavy atom. The second-order valence-electron chi connectivity index (χ2n) is 6.71. The second kappa shape index (κ2) is 6.23. The number of rotatable bonds is 2. The fraction of sp³-hybridized carbons (Fsp3) is 0. The Morgan fingerprint density at radius 3 is 1.50 bits per heavy atom. The summed E-state index contributed by atoms with van der Waals surface area (Å²) in [7, 11) is 0. The Hall–Kier alpha value is -3.08. The van der Waals surface area contributed by atoms with E-state index in [1.165, 1.54) is 30.9 Å². The van der Waals surface area contributed by atoms with Gasteiger partial charge in [-0.1, -0.05) is 60.7 Å². The molecule has 132 valence electrons. The molecule has 2 heterocycles. The van der Waals surface area contributed by atoms with Crippen molar-refractivity contribution < 1.29 is 0 Å². The fourth-order valence-corrected chi connectivity index (χ4v) is 5.64. The quantitative estimate of drug-likeness (QED) is 0.306. The number of fused-ring (bicyclic) bond motifs is 6. The Morgan fingerprint density at radius 1 is 0.536 bits per heavy atom. The molecule has 4 aromatic carbocycles. The van der Waals surface area contributed by atoms with Crippen molar-refractivity contribution in [2.45, 2.75) is 0 Å². The summed E-state index contributed by atoms with van der Waals surface area (Å²) in [5.74, 6) is 0. The zero-order chi connectivity index (χ0) is 18.5. The molecule has 4 heteroatoms. The molecule has 0 atom stereocenters. The lowest BCUT2D eigenvalue weighted by Gasteiger charge is -1.96. The molecular formula is C24H14N2S2. The van der Waals surface area contributed by atoms with Gasteiger partial charge in [0.05, 0.1) is 20.4 Å². The smallest absolute Gasteiger partial charge is 0.117 e. The molecule has 0 N–H and O–H groups in total. The van der Waals surface area contributed by atoms with Crippen molar-refractivity contribution in [3.05, 3.63) is 82.8 Å². The summed E-state index contributed by atoms with van der Waals surface area (Å²) >= 11 is 3.47. The van der Waals surface area contributed by atoms with E-state index < -0.39 is 0 Å². The molecule has 0 saturated carbocycles. The van der Waals surface area contributed by atoms with Crippen molar-refractivity contribution in [3.63, 3.8) is 0 Å². The Bertz CT molecular complexity index is 1410. The van der Waals surface area contributed by atoms with Gasteiger partial charge in [0, 0.05) is 10.8 Å². The minimum atomic E-state index is 1.01. The zero-order valence-electron chi connectivity index (χ0n) is 14.8. The molecule has 28 heavy (non-hydrogen) atoms. The number of hydrogen-bond acceptors (Lipinski definition) is 4. The van der Waals surface area contributed by atoms with Gasteiger partial charge in [0.15, 0.2) is 0 Å². The van der Waals surface area contributed by atoms with E-state index in [1.54, 1.807) is 22.7 Å². The van der Waals surface area contributed by atoms with Crippen LogP contribution in [0.2, 0.25) is 0 Å². The highest BCUT2D eigenvalue weighted by molar-refractivity contribution is 7.21. The third kappa shape index (κ3) is 2.53. The van der Waals surface area contributed by atoms with E-state index in [2.05, 4.69) is 84.9 Å². The molecule has 6 aromatic rings. The van der Waals surface area contributed by atoms with Gasteiger partial charge in [-0.05, 0) is 35.1 Å². The van der Waals surface area contributed by atoms with Crippen LogP contribution in [0.5, 0.6) is 0 Å². The topological polar surface area (TPSA) is 25.8 Å². The van der Waals surface area contributed by atoms with Crippen LogP contribution in [0, 0.1) is 0 Å². The van der Waals surface area contributed by atoms with Crippen LogP contribution >= 0.6 is 22.7 Å². The zero-order valence-corrected chi connectivity index (χ0v) is 16.4. The first-order valence-electron chi connectivity index (χ1n) is 9.10.